The molecule has 26 heavy (non-hydrogen) atoms. The zero-order chi connectivity index (χ0) is 18.5. The Hall–Kier alpha value is -2.82. The molecule has 0 aromatic heterocycles. The van der Waals surface area contributed by atoms with Crippen molar-refractivity contribution >= 4 is 23.2 Å². The molecule has 0 spiro atoms. The van der Waals surface area contributed by atoms with E-state index in [1.807, 2.05) is 43.3 Å². The van der Waals surface area contributed by atoms with Gasteiger partial charge in [0, 0.05) is 5.69 Å². The van der Waals surface area contributed by atoms with Crippen molar-refractivity contribution < 1.29 is 14.3 Å². The van der Waals surface area contributed by atoms with Gasteiger partial charge in [-0.05, 0) is 36.6 Å². The van der Waals surface area contributed by atoms with Crippen molar-refractivity contribution in [2.24, 2.45) is 0 Å². The monoisotopic (exact) mass is 352 g/mol. The number of anilines is 2. The molecule has 2 aromatic rings. The van der Waals surface area contributed by atoms with Crippen LogP contribution >= 0.6 is 0 Å². The highest BCUT2D eigenvalue weighted by Gasteiger charge is 2.40. The standard InChI is InChI=1S/C21H24N2O3/c1-3-13-26-19-12-8-7-11-18(19)23-20(24)14-17(21(23)25)22-16-10-6-5-9-15(16)4-2/h5-12,17,22H,3-4,13-14H2,1-2H3/t17-/m0/s1. The number of amides is 2. The maximum Gasteiger partial charge on any atom is 0.256 e. The number of benzene rings is 2. The van der Waals surface area contributed by atoms with E-state index < -0.39 is 6.04 Å². The van der Waals surface area contributed by atoms with Gasteiger partial charge in [-0.2, -0.15) is 0 Å². The lowest BCUT2D eigenvalue weighted by Gasteiger charge is -2.20. The summed E-state index contributed by atoms with van der Waals surface area (Å²) in [5.74, 6) is 0.105. The Morgan fingerprint density at radius 2 is 1.81 bits per heavy atom. The van der Waals surface area contributed by atoms with E-state index in [-0.39, 0.29) is 18.2 Å². The van der Waals surface area contributed by atoms with E-state index in [2.05, 4.69) is 12.2 Å². The van der Waals surface area contributed by atoms with Crippen molar-refractivity contribution in [1.82, 2.24) is 0 Å². The molecule has 2 aromatic carbocycles. The van der Waals surface area contributed by atoms with Crippen LogP contribution in [0.1, 0.15) is 32.3 Å². The summed E-state index contributed by atoms with van der Waals surface area (Å²) < 4.78 is 5.72. The lowest BCUT2D eigenvalue weighted by Crippen LogP contribution is -2.35. The average Bonchev–Trinajstić information content (AvgIpc) is 2.94. The highest BCUT2D eigenvalue weighted by atomic mass is 16.5. The Labute approximate surface area is 154 Å². The number of imide groups is 1. The molecule has 5 nitrogen and oxygen atoms in total. The minimum atomic E-state index is -0.561. The van der Waals surface area contributed by atoms with Crippen molar-refractivity contribution in [3.8, 4) is 5.75 Å². The Balaban J connectivity index is 1.84. The average molecular weight is 352 g/mol. The second-order valence-electron chi connectivity index (χ2n) is 6.30. The number of hydrogen-bond donors (Lipinski definition) is 1. The smallest absolute Gasteiger partial charge is 0.256 e. The zero-order valence-electron chi connectivity index (χ0n) is 15.2. The second-order valence-corrected chi connectivity index (χ2v) is 6.30. The summed E-state index contributed by atoms with van der Waals surface area (Å²) in [5.41, 5.74) is 2.54. The van der Waals surface area contributed by atoms with Crippen molar-refractivity contribution in [2.75, 3.05) is 16.8 Å². The van der Waals surface area contributed by atoms with E-state index in [4.69, 9.17) is 4.74 Å². The van der Waals surface area contributed by atoms with Crippen LogP contribution in [-0.4, -0.2) is 24.5 Å². The van der Waals surface area contributed by atoms with Crippen LogP contribution in [0.4, 0.5) is 11.4 Å². The van der Waals surface area contributed by atoms with Gasteiger partial charge in [0.1, 0.15) is 11.8 Å². The van der Waals surface area contributed by atoms with E-state index in [9.17, 15) is 9.59 Å². The summed E-state index contributed by atoms with van der Waals surface area (Å²) >= 11 is 0. The SMILES string of the molecule is CCCOc1ccccc1N1C(=O)C[C@H](Nc2ccccc2CC)C1=O. The number of para-hydroxylation sites is 3. The van der Waals surface area contributed by atoms with Crippen LogP contribution in [0.15, 0.2) is 48.5 Å². The molecule has 3 rings (SSSR count). The molecular weight excluding hydrogens is 328 g/mol. The van der Waals surface area contributed by atoms with Gasteiger partial charge in [0.05, 0.1) is 18.7 Å². The molecule has 0 radical (unpaired) electrons. The maximum atomic E-state index is 12.9. The number of carbonyl (C=O) groups excluding carboxylic acids is 2. The van der Waals surface area contributed by atoms with Crippen molar-refractivity contribution in [3.05, 3.63) is 54.1 Å². The van der Waals surface area contributed by atoms with Crippen molar-refractivity contribution in [2.45, 2.75) is 39.2 Å². The van der Waals surface area contributed by atoms with E-state index in [1.165, 1.54) is 4.90 Å². The molecule has 136 valence electrons. The highest BCUT2D eigenvalue weighted by Crippen LogP contribution is 2.33. The third-order valence-electron chi connectivity index (χ3n) is 4.44. The molecule has 0 bridgehead atoms. The molecule has 1 aliphatic rings. The van der Waals surface area contributed by atoms with Gasteiger partial charge in [0.2, 0.25) is 5.91 Å². The molecule has 5 heteroatoms. The van der Waals surface area contributed by atoms with Gasteiger partial charge in [-0.25, -0.2) is 4.90 Å². The quantitative estimate of drug-likeness (QED) is 0.771. The maximum absolute atomic E-state index is 12.9. The molecule has 1 fully saturated rings. The van der Waals surface area contributed by atoms with E-state index in [0.717, 1.165) is 24.1 Å². The van der Waals surface area contributed by atoms with Crippen LogP contribution in [0.5, 0.6) is 5.75 Å². The Morgan fingerprint density at radius 1 is 1.08 bits per heavy atom. The van der Waals surface area contributed by atoms with E-state index >= 15 is 0 Å². The van der Waals surface area contributed by atoms with Crippen LogP contribution in [0, 0.1) is 0 Å². The van der Waals surface area contributed by atoms with Crippen LogP contribution in [-0.2, 0) is 16.0 Å². The van der Waals surface area contributed by atoms with E-state index in [0.29, 0.717) is 18.0 Å². The molecule has 1 heterocycles. The summed E-state index contributed by atoms with van der Waals surface area (Å²) in [6.45, 7) is 4.62. The first kappa shape index (κ1) is 18.0. The Morgan fingerprint density at radius 3 is 2.58 bits per heavy atom. The number of hydrogen-bond acceptors (Lipinski definition) is 4. The largest absolute Gasteiger partial charge is 0.491 e. The zero-order valence-corrected chi connectivity index (χ0v) is 15.2. The lowest BCUT2D eigenvalue weighted by atomic mass is 10.1. The molecule has 1 aliphatic heterocycles. The second kappa shape index (κ2) is 8.04. The lowest BCUT2D eigenvalue weighted by molar-refractivity contribution is -0.121. The first-order valence-corrected chi connectivity index (χ1v) is 9.08. The molecule has 1 N–H and O–H groups in total. The van der Waals surface area contributed by atoms with Gasteiger partial charge in [0.25, 0.3) is 5.91 Å². The Bertz CT molecular complexity index is 803. The van der Waals surface area contributed by atoms with Crippen molar-refractivity contribution in [3.63, 3.8) is 0 Å². The number of aryl methyl sites for hydroxylation is 1. The summed E-state index contributed by atoms with van der Waals surface area (Å²) in [5, 5.41) is 3.25. The van der Waals surface area contributed by atoms with Gasteiger partial charge in [-0.15, -0.1) is 0 Å². The fraction of sp³-hybridized carbons (Fsp3) is 0.333. The molecule has 1 saturated heterocycles. The molecule has 1 atom stereocenters. The first-order valence-electron chi connectivity index (χ1n) is 9.08. The number of rotatable bonds is 7. The summed E-state index contributed by atoms with van der Waals surface area (Å²) in [6, 6.07) is 14.5. The van der Waals surface area contributed by atoms with Crippen LogP contribution in [0.3, 0.4) is 0 Å². The summed E-state index contributed by atoms with van der Waals surface area (Å²) in [6.07, 6.45) is 1.85. The number of ether oxygens (including phenoxy) is 1. The molecular formula is C21H24N2O3. The van der Waals surface area contributed by atoms with Gasteiger partial charge in [-0.1, -0.05) is 44.2 Å². The van der Waals surface area contributed by atoms with Gasteiger partial charge >= 0.3 is 0 Å². The van der Waals surface area contributed by atoms with Gasteiger partial charge in [0.15, 0.2) is 0 Å². The molecule has 0 saturated carbocycles. The predicted octanol–water partition coefficient (Wildman–Crippen LogP) is 3.78. The van der Waals surface area contributed by atoms with Gasteiger partial charge in [-0.3, -0.25) is 9.59 Å². The Kier molecular flexibility index (Phi) is 5.56. The van der Waals surface area contributed by atoms with Crippen molar-refractivity contribution in [1.29, 1.82) is 0 Å². The molecule has 0 unspecified atom stereocenters. The number of nitrogens with zero attached hydrogens (tertiary/aromatic N) is 1. The fourth-order valence-corrected chi connectivity index (χ4v) is 3.13. The van der Waals surface area contributed by atoms with Crippen LogP contribution < -0.4 is 15.0 Å². The van der Waals surface area contributed by atoms with Crippen LogP contribution in [0.25, 0.3) is 0 Å². The third-order valence-corrected chi connectivity index (χ3v) is 4.44. The summed E-state index contributed by atoms with van der Waals surface area (Å²) in [4.78, 5) is 26.8. The minimum Gasteiger partial charge on any atom is -0.491 e. The van der Waals surface area contributed by atoms with Gasteiger partial charge < -0.3 is 10.1 Å². The number of carbonyl (C=O) groups is 2. The fourth-order valence-electron chi connectivity index (χ4n) is 3.13. The first-order chi connectivity index (χ1) is 12.7. The van der Waals surface area contributed by atoms with E-state index in [1.54, 1.807) is 12.1 Å². The van der Waals surface area contributed by atoms with Crippen LogP contribution in [0.2, 0.25) is 0 Å². The number of nitrogens with one attached hydrogen (secondary N) is 1. The third kappa shape index (κ3) is 3.57. The predicted molar refractivity (Wildman–Crippen MR) is 103 cm³/mol. The normalized spacial score (nSPS) is 16.8. The molecule has 0 aliphatic carbocycles. The summed E-state index contributed by atoms with van der Waals surface area (Å²) in [7, 11) is 0. The minimum absolute atomic E-state index is 0.138. The highest BCUT2D eigenvalue weighted by molar-refractivity contribution is 6.23. The molecule has 2 amide bonds. The topological polar surface area (TPSA) is 58.6 Å².